The molecule has 1 aliphatic rings. The Morgan fingerprint density at radius 1 is 0.549 bits per heavy atom. The molecule has 0 aromatic heterocycles. The summed E-state index contributed by atoms with van der Waals surface area (Å²) in [4.78, 5) is 0. The fourth-order valence-electron chi connectivity index (χ4n) is 11.9. The average molecular weight is 1100 g/mol. The van der Waals surface area contributed by atoms with Crippen molar-refractivity contribution < 1.29 is 0 Å². The molecule has 0 bridgehead atoms. The second-order valence-corrected chi connectivity index (χ2v) is 26.4. The molecule has 0 radical (unpaired) electrons. The Bertz CT molecular complexity index is 2870. The van der Waals surface area contributed by atoms with E-state index in [4.69, 9.17) is 0 Å². The number of allylic oxidation sites excluding steroid dienone is 8. The Balaban J connectivity index is 0.000000394. The van der Waals surface area contributed by atoms with Crippen LogP contribution in [0.25, 0.3) is 39.6 Å². The first-order valence-corrected chi connectivity index (χ1v) is 32.6. The van der Waals surface area contributed by atoms with Crippen LogP contribution in [-0.4, -0.2) is 7.05 Å². The summed E-state index contributed by atoms with van der Waals surface area (Å²) in [6, 6.07) is 37.2. The third-order valence-corrected chi connectivity index (χ3v) is 18.3. The smallest absolute Gasteiger partial charge is 0.0413 e. The van der Waals surface area contributed by atoms with Crippen molar-refractivity contribution in [2.24, 2.45) is 11.3 Å². The maximum Gasteiger partial charge on any atom is 0.0413 e. The third kappa shape index (κ3) is 18.2. The summed E-state index contributed by atoms with van der Waals surface area (Å²) in [5, 5.41) is 3.55. The number of nitrogens with one attached hydrogen (secondary N) is 1. The van der Waals surface area contributed by atoms with Gasteiger partial charge >= 0.3 is 0 Å². The van der Waals surface area contributed by atoms with E-state index < -0.39 is 0 Å². The Morgan fingerprint density at radius 2 is 1.02 bits per heavy atom. The molecule has 1 unspecified atom stereocenters. The van der Waals surface area contributed by atoms with Crippen LogP contribution in [0.1, 0.15) is 266 Å². The van der Waals surface area contributed by atoms with E-state index in [-0.39, 0.29) is 16.2 Å². The predicted octanol–water partition coefficient (Wildman–Crippen LogP) is 24.4. The Labute approximate surface area is 504 Å². The van der Waals surface area contributed by atoms with Gasteiger partial charge in [-0.3, -0.25) is 0 Å². The molecule has 0 saturated carbocycles. The number of hydrogen-bond donors (Lipinski definition) is 1. The van der Waals surface area contributed by atoms with Gasteiger partial charge in [-0.05, 0) is 178 Å². The zero-order valence-corrected chi connectivity index (χ0v) is 55.1. The molecule has 1 heteroatoms. The summed E-state index contributed by atoms with van der Waals surface area (Å²) < 4.78 is 0. The topological polar surface area (TPSA) is 12.0 Å². The lowest BCUT2D eigenvalue weighted by molar-refractivity contribution is 0.400. The van der Waals surface area contributed by atoms with E-state index in [1.807, 2.05) is 0 Å². The van der Waals surface area contributed by atoms with Crippen molar-refractivity contribution in [2.75, 3.05) is 7.05 Å². The molecular weight excluding hydrogens is 987 g/mol. The van der Waals surface area contributed by atoms with Crippen LogP contribution in [0.3, 0.4) is 0 Å². The van der Waals surface area contributed by atoms with Gasteiger partial charge in [-0.1, -0.05) is 300 Å². The van der Waals surface area contributed by atoms with Crippen molar-refractivity contribution >= 4 is 28.5 Å². The molecule has 1 N–H and O–H groups in total. The average Bonchev–Trinajstić information content (AvgIpc) is 1.91. The first-order valence-electron chi connectivity index (χ1n) is 32.6. The van der Waals surface area contributed by atoms with Crippen LogP contribution in [0.15, 0.2) is 140 Å². The minimum absolute atomic E-state index is 0.0728. The van der Waals surface area contributed by atoms with Crippen LogP contribution in [0, 0.1) is 25.2 Å². The molecule has 0 amide bonds. The van der Waals surface area contributed by atoms with Gasteiger partial charge in [0.25, 0.3) is 0 Å². The number of unbranched alkanes of at least 4 members (excludes halogenated alkanes) is 10. The number of rotatable bonds is 29. The molecule has 1 nitrogen and oxygen atoms in total. The first kappa shape index (κ1) is 67.1. The third-order valence-electron chi connectivity index (χ3n) is 18.3. The molecule has 0 saturated heterocycles. The Morgan fingerprint density at radius 3 is 1.50 bits per heavy atom. The number of aryl methyl sites for hydroxylation is 2. The summed E-state index contributed by atoms with van der Waals surface area (Å²) >= 11 is 0. The number of benzene rings is 5. The zero-order valence-electron chi connectivity index (χ0n) is 55.1. The monoisotopic (exact) mass is 1100 g/mol. The fourth-order valence-corrected chi connectivity index (χ4v) is 11.9. The fraction of sp³-hybridized carbons (Fsp3) is 0.481. The van der Waals surface area contributed by atoms with Crippen molar-refractivity contribution in [3.8, 4) is 11.1 Å². The van der Waals surface area contributed by atoms with Gasteiger partial charge in [0.2, 0.25) is 0 Å². The maximum atomic E-state index is 4.29. The van der Waals surface area contributed by atoms with Gasteiger partial charge in [0.15, 0.2) is 0 Å². The molecule has 442 valence electrons. The van der Waals surface area contributed by atoms with Crippen LogP contribution >= 0.6 is 0 Å². The zero-order chi connectivity index (χ0) is 60.0. The molecule has 0 fully saturated rings. The summed E-state index contributed by atoms with van der Waals surface area (Å²) in [5.74, 6) is 0.484. The highest BCUT2D eigenvalue weighted by atomic mass is 14.8. The summed E-state index contributed by atoms with van der Waals surface area (Å²) in [6.45, 7) is 43.2. The molecule has 5 aromatic rings. The minimum atomic E-state index is 0.0728. The van der Waals surface area contributed by atoms with E-state index in [0.29, 0.717) is 5.92 Å². The molecule has 82 heavy (non-hydrogen) atoms. The van der Waals surface area contributed by atoms with Crippen molar-refractivity contribution in [3.05, 3.63) is 207 Å². The summed E-state index contributed by atoms with van der Waals surface area (Å²) in [7, 11) is 2.05. The number of hydrogen-bond acceptors (Lipinski definition) is 1. The predicted molar refractivity (Wildman–Crippen MR) is 369 cm³/mol. The molecule has 1 atom stereocenters. The van der Waals surface area contributed by atoms with Gasteiger partial charge in [0.05, 0.1) is 0 Å². The molecule has 1 aliphatic carbocycles. The highest BCUT2D eigenvalue weighted by Crippen LogP contribution is 2.55. The van der Waals surface area contributed by atoms with Gasteiger partial charge in [-0.25, -0.2) is 0 Å². The molecule has 5 aromatic carbocycles. The lowest BCUT2D eigenvalue weighted by Crippen LogP contribution is -2.26. The summed E-state index contributed by atoms with van der Waals surface area (Å²) in [6.07, 6.45) is 35.6. The van der Waals surface area contributed by atoms with Crippen LogP contribution in [-0.2, 0) is 23.7 Å². The van der Waals surface area contributed by atoms with Crippen LogP contribution in [0.4, 0.5) is 0 Å². The highest BCUT2D eigenvalue weighted by Gasteiger charge is 2.43. The van der Waals surface area contributed by atoms with Crippen LogP contribution in [0.2, 0.25) is 0 Å². The van der Waals surface area contributed by atoms with E-state index in [2.05, 4.69) is 257 Å². The van der Waals surface area contributed by atoms with E-state index in [0.717, 1.165) is 23.3 Å². The SMILES string of the molecule is C=C(C(=C)c1ccc(CCCCC)cc1)c1ccc(CCCCC)cc1.CCCCCCC1(CCCCCC)c2cc(/C=C/C=C(\NC)c3ccc(/C(=C/C=C(\C)C(C)(C)C)C(C)CC)c(C)c3C)ccc2-c2ccc(C(C)(C)C)cc21. The van der Waals surface area contributed by atoms with Crippen LogP contribution in [0.5, 0.6) is 0 Å². The van der Waals surface area contributed by atoms with Crippen molar-refractivity contribution in [1.82, 2.24) is 5.32 Å². The highest BCUT2D eigenvalue weighted by molar-refractivity contribution is 6.03. The molecule has 0 aliphatic heterocycles. The normalized spacial score (nSPS) is 13.9. The second kappa shape index (κ2) is 32.4. The van der Waals surface area contributed by atoms with E-state index in [9.17, 15) is 0 Å². The quantitative estimate of drug-likeness (QED) is 0.0372. The lowest BCUT2D eigenvalue weighted by atomic mass is 9.69. The first-order chi connectivity index (χ1) is 39.2. The van der Waals surface area contributed by atoms with Crippen molar-refractivity contribution in [1.29, 1.82) is 0 Å². The Hall–Kier alpha value is -5.66. The van der Waals surface area contributed by atoms with Crippen LogP contribution < -0.4 is 5.32 Å². The largest absolute Gasteiger partial charge is 0.388 e. The maximum absolute atomic E-state index is 4.29. The van der Waals surface area contributed by atoms with E-state index in [1.165, 1.54) is 193 Å². The van der Waals surface area contributed by atoms with Gasteiger partial charge in [0.1, 0.15) is 0 Å². The lowest BCUT2D eigenvalue weighted by Gasteiger charge is -2.34. The molecule has 6 rings (SSSR count). The number of fused-ring (bicyclic) bond motifs is 3. The van der Waals surface area contributed by atoms with Gasteiger partial charge in [0, 0.05) is 23.7 Å². The molecular formula is C81H113N. The standard InChI is InChI=1S/C55H79N.C26H34/c1-15-18-20-22-35-55(36-23-21-19-16-2)50-37-43(28-31-48(50)49-32-29-44(38-51(49)55)54(11,12)13)25-24-26-52(56-14)47-34-33-46(41(6)42(47)7)45(39(4)17-3)30-27-40(5)53(8,9)10;1-5-7-9-11-23-13-17-25(18-14-23)21(3)22(4)26-19-15-24(16-20-26)12-10-8-6-2/h24-34,37-39,56H,15-23,35-36H2,1-14H3;13-20H,3-12H2,1-2H3/b25-24+,40-27+,45-30+,52-26-;. The van der Waals surface area contributed by atoms with Gasteiger partial charge in [-0.2, -0.15) is 0 Å². The van der Waals surface area contributed by atoms with E-state index in [1.54, 1.807) is 11.1 Å². The Kier molecular flexibility index (Phi) is 26.5. The van der Waals surface area contributed by atoms with Gasteiger partial charge < -0.3 is 5.32 Å². The molecule has 0 heterocycles. The summed E-state index contributed by atoms with van der Waals surface area (Å²) in [5.41, 5.74) is 25.7. The van der Waals surface area contributed by atoms with Crippen molar-refractivity contribution in [2.45, 2.75) is 237 Å². The second-order valence-electron chi connectivity index (χ2n) is 26.4. The van der Waals surface area contributed by atoms with Crippen molar-refractivity contribution in [3.63, 3.8) is 0 Å². The molecule has 0 spiro atoms. The van der Waals surface area contributed by atoms with Gasteiger partial charge in [-0.15, -0.1) is 0 Å². The minimum Gasteiger partial charge on any atom is -0.388 e. The van der Waals surface area contributed by atoms with E-state index >= 15 is 0 Å².